The van der Waals surface area contributed by atoms with Crippen LogP contribution >= 0.6 is 11.6 Å². The summed E-state index contributed by atoms with van der Waals surface area (Å²) in [4.78, 5) is 40.1. The van der Waals surface area contributed by atoms with Crippen LogP contribution in [0.4, 0.5) is 37.3 Å². The first kappa shape index (κ1) is 48.1. The van der Waals surface area contributed by atoms with E-state index in [4.69, 9.17) is 16.7 Å². The van der Waals surface area contributed by atoms with Crippen LogP contribution in [0.1, 0.15) is 112 Å². The minimum atomic E-state index is -2.67. The van der Waals surface area contributed by atoms with Gasteiger partial charge in [0, 0.05) is 143 Å². The highest BCUT2D eigenvalue weighted by atomic mass is 35.5. The van der Waals surface area contributed by atoms with E-state index in [1.807, 2.05) is 29.2 Å². The number of carbonyl (C=O) groups is 2. The van der Waals surface area contributed by atoms with Gasteiger partial charge in [-0.1, -0.05) is 11.6 Å². The van der Waals surface area contributed by atoms with E-state index in [0.29, 0.717) is 79.2 Å². The molecule has 0 N–H and O–H groups in total. The molecule has 1 spiro atoms. The molecule has 2 aromatic heterocycles. The van der Waals surface area contributed by atoms with Crippen molar-refractivity contribution >= 4 is 52.0 Å². The summed E-state index contributed by atoms with van der Waals surface area (Å²) in [6, 6.07) is 21.2. The van der Waals surface area contributed by atoms with Gasteiger partial charge in [0.25, 0.3) is 6.43 Å². The second-order valence-electron chi connectivity index (χ2n) is 21.6. The Balaban J connectivity index is 0.686. The van der Waals surface area contributed by atoms with Crippen LogP contribution in [0.15, 0.2) is 67.0 Å². The second-order valence-corrected chi connectivity index (χ2v) is 22.0. The van der Waals surface area contributed by atoms with Crippen molar-refractivity contribution in [2.45, 2.75) is 110 Å². The smallest absolute Gasteiger partial charge is 0.264 e. The molecule has 4 saturated heterocycles. The van der Waals surface area contributed by atoms with Crippen molar-refractivity contribution in [2.24, 2.45) is 18.4 Å². The summed E-state index contributed by atoms with van der Waals surface area (Å²) in [5.74, 6) is 1.36. The molecule has 4 fully saturated rings. The average Bonchev–Trinajstić information content (AvgIpc) is 4.10. The van der Waals surface area contributed by atoms with Crippen molar-refractivity contribution in [3.05, 3.63) is 100.0 Å². The molecule has 0 saturated carbocycles. The number of piperidine rings is 3. The fourth-order valence-electron chi connectivity index (χ4n) is 13.1. The summed E-state index contributed by atoms with van der Waals surface area (Å²) >= 11 is 6.42. The minimum Gasteiger partial charge on any atom is -0.372 e. The number of nitriles is 1. The van der Waals surface area contributed by atoms with Gasteiger partial charge >= 0.3 is 0 Å². The Labute approximate surface area is 426 Å². The van der Waals surface area contributed by atoms with Crippen LogP contribution in [-0.4, -0.2) is 106 Å². The molecule has 13 nitrogen and oxygen atoms in total. The molecule has 1 atom stereocenters. The average molecular weight is 999 g/mol. The van der Waals surface area contributed by atoms with Crippen LogP contribution in [-0.2, 0) is 36.0 Å². The van der Waals surface area contributed by atoms with E-state index in [-0.39, 0.29) is 28.8 Å². The lowest BCUT2D eigenvalue weighted by molar-refractivity contribution is -0.133. The van der Waals surface area contributed by atoms with Gasteiger partial charge in [-0.25, -0.2) is 8.78 Å². The van der Waals surface area contributed by atoms with Crippen molar-refractivity contribution in [1.82, 2.24) is 29.4 Å². The van der Waals surface area contributed by atoms with E-state index in [1.165, 1.54) is 17.8 Å². The van der Waals surface area contributed by atoms with Crippen molar-refractivity contribution in [3.63, 3.8) is 0 Å². The van der Waals surface area contributed by atoms with Crippen LogP contribution in [0.25, 0.3) is 11.1 Å². The molecule has 0 unspecified atom stereocenters. The third-order valence-corrected chi connectivity index (χ3v) is 17.5. The summed E-state index contributed by atoms with van der Waals surface area (Å²) in [5.41, 5.74) is 9.45. The van der Waals surface area contributed by atoms with Crippen molar-refractivity contribution in [3.8, 4) is 17.2 Å². The molecular weight excluding hydrogens is 932 g/mol. The lowest BCUT2D eigenvalue weighted by atomic mass is 9.76. The number of aromatic nitrogens is 4. The monoisotopic (exact) mass is 998 g/mol. The number of nitrogens with zero attached hydrogens (tertiary/aromatic N) is 11. The number of benzene rings is 3. The SMILES string of the molecule is CC(=O)N1CCc2c(c(N3CCCc4cc(-c5cnn(C)c5)c(C(F)F)cc43)nn2C2CCN(C(=O)CC3CCN(c4ccc(N5CCC6(CC5)C[C@H](C)N(c5ccc(C#N)c(Cl)c5)C6)cc4)CC3)CC2)C1. The molecule has 8 heterocycles. The zero-order valence-corrected chi connectivity index (χ0v) is 42.6. The lowest BCUT2D eigenvalue weighted by Gasteiger charge is -2.40. The molecule has 2 amide bonds. The van der Waals surface area contributed by atoms with Gasteiger partial charge in [-0.2, -0.15) is 15.5 Å². The van der Waals surface area contributed by atoms with Crippen LogP contribution in [0.2, 0.25) is 5.02 Å². The van der Waals surface area contributed by atoms with E-state index < -0.39 is 6.43 Å². The number of aryl methyl sites for hydroxylation is 2. The summed E-state index contributed by atoms with van der Waals surface area (Å²) < 4.78 is 33.4. The molecular formula is C56H66ClF2N11O2. The van der Waals surface area contributed by atoms with Crippen molar-refractivity contribution < 1.29 is 18.4 Å². The van der Waals surface area contributed by atoms with E-state index >= 15 is 0 Å². The number of halogens is 3. The molecule has 72 heavy (non-hydrogen) atoms. The molecule has 11 rings (SSSR count). The van der Waals surface area contributed by atoms with Gasteiger partial charge < -0.3 is 29.4 Å². The maximum atomic E-state index is 14.8. The van der Waals surface area contributed by atoms with Gasteiger partial charge in [0.2, 0.25) is 11.8 Å². The third kappa shape index (κ3) is 9.28. The predicted molar refractivity (Wildman–Crippen MR) is 278 cm³/mol. The molecule has 0 bridgehead atoms. The summed E-state index contributed by atoms with van der Waals surface area (Å²) in [6.45, 7) is 11.9. The van der Waals surface area contributed by atoms with E-state index in [9.17, 15) is 23.6 Å². The fourth-order valence-corrected chi connectivity index (χ4v) is 13.3. The van der Waals surface area contributed by atoms with E-state index in [2.05, 4.69) is 71.5 Å². The van der Waals surface area contributed by atoms with Gasteiger partial charge in [0.05, 0.1) is 29.4 Å². The Hall–Kier alpha value is -6.14. The number of hydrogen-bond acceptors (Lipinski definition) is 9. The Morgan fingerprint density at radius 2 is 1.58 bits per heavy atom. The molecule has 0 radical (unpaired) electrons. The zero-order valence-electron chi connectivity index (χ0n) is 41.9. The largest absolute Gasteiger partial charge is 0.372 e. The minimum absolute atomic E-state index is 0.00892. The second kappa shape index (κ2) is 19.7. The highest BCUT2D eigenvalue weighted by molar-refractivity contribution is 6.32. The number of anilines is 5. The number of rotatable bonds is 9. The molecule has 6 aliphatic heterocycles. The summed E-state index contributed by atoms with van der Waals surface area (Å²) in [7, 11) is 1.79. The van der Waals surface area contributed by atoms with Gasteiger partial charge in [-0.15, -0.1) is 0 Å². The molecule has 3 aromatic carbocycles. The first-order valence-electron chi connectivity index (χ1n) is 26.2. The molecule has 378 valence electrons. The topological polar surface area (TPSA) is 113 Å². The maximum Gasteiger partial charge on any atom is 0.264 e. The Kier molecular flexibility index (Phi) is 13.2. The number of likely N-dealkylation sites (tertiary alicyclic amines) is 1. The van der Waals surface area contributed by atoms with Gasteiger partial charge in [-0.05, 0) is 142 Å². The normalized spacial score (nSPS) is 20.6. The molecule has 5 aromatic rings. The Bertz CT molecular complexity index is 2870. The van der Waals surface area contributed by atoms with Crippen LogP contribution in [0.3, 0.4) is 0 Å². The zero-order chi connectivity index (χ0) is 49.8. The van der Waals surface area contributed by atoms with Crippen molar-refractivity contribution in [1.29, 1.82) is 5.26 Å². The maximum absolute atomic E-state index is 14.8. The van der Waals surface area contributed by atoms with E-state index in [0.717, 1.165) is 118 Å². The van der Waals surface area contributed by atoms with Gasteiger partial charge in [0.15, 0.2) is 5.82 Å². The number of fused-ring (bicyclic) bond motifs is 2. The highest BCUT2D eigenvalue weighted by Gasteiger charge is 2.44. The summed E-state index contributed by atoms with van der Waals surface area (Å²) in [6.07, 6.45) is 10.6. The summed E-state index contributed by atoms with van der Waals surface area (Å²) in [5, 5.41) is 19.4. The first-order chi connectivity index (χ1) is 34.8. The fraction of sp³-hybridized carbons (Fsp3) is 0.518. The number of hydrogen-bond donors (Lipinski definition) is 0. The van der Waals surface area contributed by atoms with Gasteiger partial charge in [0.1, 0.15) is 6.07 Å². The third-order valence-electron chi connectivity index (χ3n) is 17.2. The highest BCUT2D eigenvalue weighted by Crippen LogP contribution is 2.47. The molecule has 0 aliphatic carbocycles. The van der Waals surface area contributed by atoms with Crippen LogP contribution < -0.4 is 19.6 Å². The number of amides is 2. The molecule has 16 heteroatoms. The quantitative estimate of drug-likeness (QED) is 0.142. The number of carbonyl (C=O) groups excluding carboxylic acids is 2. The Morgan fingerprint density at radius 3 is 2.24 bits per heavy atom. The predicted octanol–water partition coefficient (Wildman–Crippen LogP) is 10.1. The standard InChI is InChI=1S/C56H66ClF2N11O2/c1-37-31-56(36-69(37)46-7-6-41(32-60)50(57)29-46)17-25-65(26-18-56)44-10-8-43(9-11-44)64-20-12-39(13-21-64)27-53(72)66-22-14-45(15-23-66)70-51-16-24-67(38(2)71)35-49(51)55(62-70)68-19-4-5-40-28-47(42-33-61-63(3)34-42)48(54(58)59)30-52(40)68/h6-11,28-30,33-34,37,39,45,54H,4-5,12-27,31,35-36H2,1-3H3/t37-/m0/s1. The number of alkyl halides is 2. The first-order valence-corrected chi connectivity index (χ1v) is 26.6. The van der Waals surface area contributed by atoms with Gasteiger partial charge in [-0.3, -0.25) is 19.0 Å². The van der Waals surface area contributed by atoms with Crippen LogP contribution in [0.5, 0.6) is 0 Å². The Morgan fingerprint density at radius 1 is 0.875 bits per heavy atom. The lowest BCUT2D eigenvalue weighted by Crippen LogP contribution is -2.42. The molecule has 6 aliphatic rings. The van der Waals surface area contributed by atoms with E-state index in [1.54, 1.807) is 37.1 Å². The van der Waals surface area contributed by atoms with Crippen LogP contribution in [0, 0.1) is 22.7 Å². The van der Waals surface area contributed by atoms with Crippen molar-refractivity contribution in [2.75, 3.05) is 78.5 Å².